The fourth-order valence-corrected chi connectivity index (χ4v) is 2.47. The van der Waals surface area contributed by atoms with Crippen LogP contribution in [0.3, 0.4) is 0 Å². The third-order valence-electron chi connectivity index (χ3n) is 2.58. The van der Waals surface area contributed by atoms with Crippen LogP contribution in [0.4, 0.5) is 17.6 Å². The maximum atomic E-state index is 14.1. The van der Waals surface area contributed by atoms with Crippen molar-refractivity contribution in [1.29, 1.82) is 0 Å². The van der Waals surface area contributed by atoms with E-state index in [4.69, 9.17) is 0 Å². The number of aryl methyl sites for hydroxylation is 1. The van der Waals surface area contributed by atoms with Gasteiger partial charge in [0.1, 0.15) is 23.9 Å². The monoisotopic (exact) mass is 310 g/mol. The lowest BCUT2D eigenvalue weighted by Crippen LogP contribution is -2.09. The number of imidazole rings is 1. The summed E-state index contributed by atoms with van der Waals surface area (Å²) < 4.78 is 69.1. The minimum absolute atomic E-state index is 0.0243. The molecule has 0 aliphatic carbocycles. The second kappa shape index (κ2) is 5.49. The number of fused-ring (bicyclic) bond motifs is 1. The van der Waals surface area contributed by atoms with Gasteiger partial charge in [-0.2, -0.15) is 4.98 Å². The molecule has 0 N–H and O–H groups in total. The Morgan fingerprint density at radius 3 is 2.65 bits per heavy atom. The second-order valence-corrected chi connectivity index (χ2v) is 5.25. The first-order valence-electron chi connectivity index (χ1n) is 5.41. The molecule has 9 heteroatoms. The average Bonchev–Trinajstić information content (AvgIpc) is 2.70. The largest absolute Gasteiger partial charge is 0.609 e. The zero-order chi connectivity index (χ0) is 15.0. The van der Waals surface area contributed by atoms with Crippen molar-refractivity contribution >= 4 is 22.2 Å². The summed E-state index contributed by atoms with van der Waals surface area (Å²) in [5.74, 6) is -2.58. The van der Waals surface area contributed by atoms with Gasteiger partial charge in [0.05, 0.1) is 0 Å². The van der Waals surface area contributed by atoms with Crippen LogP contribution >= 0.6 is 0 Å². The van der Waals surface area contributed by atoms with E-state index in [1.807, 2.05) is 0 Å². The number of hydrogen-bond donors (Lipinski definition) is 0. The molecular formula is C11H10F4N2O2S. The van der Waals surface area contributed by atoms with Gasteiger partial charge < -0.3 is 9.29 Å². The SMILES string of the molecule is Cn1c([S+](C)[O-])nc2c(F)cc(OCC(F)F)c(F)c21. The lowest BCUT2D eigenvalue weighted by Gasteiger charge is -2.08. The van der Waals surface area contributed by atoms with Gasteiger partial charge in [-0.05, 0) is 0 Å². The lowest BCUT2D eigenvalue weighted by molar-refractivity contribution is 0.0798. The smallest absolute Gasteiger partial charge is 0.323 e. The van der Waals surface area contributed by atoms with Gasteiger partial charge in [-0.3, -0.25) is 4.57 Å². The van der Waals surface area contributed by atoms with Crippen molar-refractivity contribution in [2.24, 2.45) is 7.05 Å². The molecule has 0 spiro atoms. The summed E-state index contributed by atoms with van der Waals surface area (Å²) in [7, 11) is 1.35. The normalized spacial score (nSPS) is 13.2. The minimum Gasteiger partial charge on any atom is -0.609 e. The van der Waals surface area contributed by atoms with Gasteiger partial charge in [0.15, 0.2) is 17.4 Å². The van der Waals surface area contributed by atoms with E-state index in [2.05, 4.69) is 9.72 Å². The molecule has 1 heterocycles. The fourth-order valence-electron chi connectivity index (χ4n) is 1.77. The molecule has 0 fully saturated rings. The predicted molar refractivity (Wildman–Crippen MR) is 64.5 cm³/mol. The van der Waals surface area contributed by atoms with E-state index in [0.29, 0.717) is 6.07 Å². The van der Waals surface area contributed by atoms with Gasteiger partial charge >= 0.3 is 5.16 Å². The van der Waals surface area contributed by atoms with Crippen molar-refractivity contribution in [2.45, 2.75) is 11.6 Å². The molecule has 0 amide bonds. The van der Waals surface area contributed by atoms with Crippen LogP contribution in [-0.4, -0.2) is 33.4 Å². The third kappa shape index (κ3) is 2.55. The molecule has 1 atom stereocenters. The molecule has 2 aromatic rings. The number of benzene rings is 1. The standard InChI is InChI=1S/C11H10F4N2O2S/c1-17-10-8(15)6(19-4-7(13)14)3-5(12)9(10)16-11(17)20(2)18/h3,7H,4H2,1-2H3. The molecule has 110 valence electrons. The van der Waals surface area contributed by atoms with Gasteiger partial charge in [-0.15, -0.1) is 0 Å². The van der Waals surface area contributed by atoms with E-state index in [0.717, 1.165) is 4.57 Å². The van der Waals surface area contributed by atoms with Gasteiger partial charge in [-0.1, -0.05) is 0 Å². The quantitative estimate of drug-likeness (QED) is 0.643. The Morgan fingerprint density at radius 1 is 1.45 bits per heavy atom. The molecule has 2 rings (SSSR count). The summed E-state index contributed by atoms with van der Waals surface area (Å²) in [6.45, 7) is -1.05. The van der Waals surface area contributed by atoms with Gasteiger partial charge in [-0.25, -0.2) is 17.6 Å². The summed E-state index contributed by atoms with van der Waals surface area (Å²) in [5, 5.41) is -0.0243. The highest BCUT2D eigenvalue weighted by atomic mass is 32.2. The Balaban J connectivity index is 2.59. The molecule has 1 unspecified atom stereocenters. The summed E-state index contributed by atoms with van der Waals surface area (Å²) in [6.07, 6.45) is -1.50. The highest BCUT2D eigenvalue weighted by Gasteiger charge is 2.24. The Kier molecular flexibility index (Phi) is 4.09. The number of aromatic nitrogens is 2. The second-order valence-electron chi connectivity index (χ2n) is 3.98. The highest BCUT2D eigenvalue weighted by molar-refractivity contribution is 7.90. The lowest BCUT2D eigenvalue weighted by atomic mass is 10.2. The van der Waals surface area contributed by atoms with Gasteiger partial charge in [0, 0.05) is 24.3 Å². The van der Waals surface area contributed by atoms with Crippen molar-refractivity contribution in [3.8, 4) is 5.75 Å². The predicted octanol–water partition coefficient (Wildman–Crippen LogP) is 2.23. The Labute approximate surface area is 114 Å². The molecule has 0 saturated heterocycles. The van der Waals surface area contributed by atoms with Crippen molar-refractivity contribution in [3.05, 3.63) is 17.7 Å². The Hall–Kier alpha value is -1.48. The molecule has 0 aliphatic rings. The molecule has 0 bridgehead atoms. The highest BCUT2D eigenvalue weighted by Crippen LogP contribution is 2.30. The first-order valence-corrected chi connectivity index (χ1v) is 6.97. The fraction of sp³-hybridized carbons (Fsp3) is 0.364. The summed E-state index contributed by atoms with van der Waals surface area (Å²) in [6, 6.07) is 0.648. The number of alkyl halides is 2. The Morgan fingerprint density at radius 2 is 2.10 bits per heavy atom. The van der Waals surface area contributed by atoms with Crippen LogP contribution in [-0.2, 0) is 18.2 Å². The topological polar surface area (TPSA) is 50.1 Å². The number of nitrogens with zero attached hydrogens (tertiary/aromatic N) is 2. The van der Waals surface area contributed by atoms with Crippen molar-refractivity contribution in [2.75, 3.05) is 12.9 Å². The van der Waals surface area contributed by atoms with E-state index in [9.17, 15) is 22.1 Å². The van der Waals surface area contributed by atoms with Crippen molar-refractivity contribution in [3.63, 3.8) is 0 Å². The van der Waals surface area contributed by atoms with E-state index in [-0.39, 0.29) is 16.2 Å². The number of halogens is 4. The summed E-state index contributed by atoms with van der Waals surface area (Å²) in [5.41, 5.74) is -0.598. The molecule has 4 nitrogen and oxygen atoms in total. The van der Waals surface area contributed by atoms with Crippen LogP contribution in [0.15, 0.2) is 11.2 Å². The van der Waals surface area contributed by atoms with Crippen LogP contribution in [0.25, 0.3) is 11.0 Å². The molecular weight excluding hydrogens is 300 g/mol. The molecule has 0 aliphatic heterocycles. The van der Waals surface area contributed by atoms with Crippen LogP contribution in [0.1, 0.15) is 0 Å². The van der Waals surface area contributed by atoms with Crippen LogP contribution < -0.4 is 4.74 Å². The average molecular weight is 310 g/mol. The van der Waals surface area contributed by atoms with E-state index < -0.39 is 41.6 Å². The molecule has 0 saturated carbocycles. The first kappa shape index (κ1) is 14.9. The van der Waals surface area contributed by atoms with Gasteiger partial charge in [0.2, 0.25) is 0 Å². The van der Waals surface area contributed by atoms with Crippen LogP contribution in [0, 0.1) is 11.6 Å². The minimum atomic E-state index is -2.81. The van der Waals surface area contributed by atoms with Crippen LogP contribution in [0.2, 0.25) is 0 Å². The van der Waals surface area contributed by atoms with E-state index in [1.165, 1.54) is 13.3 Å². The molecule has 20 heavy (non-hydrogen) atoms. The van der Waals surface area contributed by atoms with Gasteiger partial charge in [0.25, 0.3) is 6.43 Å². The summed E-state index contributed by atoms with van der Waals surface area (Å²) in [4.78, 5) is 3.75. The number of ether oxygens (including phenoxy) is 1. The Bertz CT molecular complexity index is 645. The molecule has 0 radical (unpaired) electrons. The van der Waals surface area contributed by atoms with Crippen LogP contribution in [0.5, 0.6) is 5.75 Å². The van der Waals surface area contributed by atoms with Crippen molar-refractivity contribution in [1.82, 2.24) is 9.55 Å². The zero-order valence-corrected chi connectivity index (χ0v) is 11.3. The number of rotatable bonds is 4. The number of hydrogen-bond acceptors (Lipinski definition) is 3. The third-order valence-corrected chi connectivity index (χ3v) is 3.46. The zero-order valence-electron chi connectivity index (χ0n) is 10.5. The first-order chi connectivity index (χ1) is 9.32. The molecule has 1 aromatic carbocycles. The summed E-state index contributed by atoms with van der Waals surface area (Å²) >= 11 is -1.55. The maximum absolute atomic E-state index is 14.1. The van der Waals surface area contributed by atoms with E-state index >= 15 is 0 Å². The molecule has 1 aromatic heterocycles. The maximum Gasteiger partial charge on any atom is 0.323 e. The van der Waals surface area contributed by atoms with Crippen molar-refractivity contribution < 1.29 is 26.9 Å². The van der Waals surface area contributed by atoms with E-state index in [1.54, 1.807) is 0 Å².